The molecule has 110 valence electrons. The predicted molar refractivity (Wildman–Crippen MR) is 81.4 cm³/mol. The average Bonchev–Trinajstić information content (AvgIpc) is 2.74. The van der Waals surface area contributed by atoms with Gasteiger partial charge in [-0.2, -0.15) is 0 Å². The van der Waals surface area contributed by atoms with Crippen LogP contribution in [0, 0.1) is 18.7 Å². The van der Waals surface area contributed by atoms with Crippen LogP contribution in [0.5, 0.6) is 0 Å². The van der Waals surface area contributed by atoms with Gasteiger partial charge in [0.15, 0.2) is 0 Å². The SMILES string of the molecule is CCCNCc1oc2c(C)ccc(F)c2c1CC(C)C. The summed E-state index contributed by atoms with van der Waals surface area (Å²) in [6.07, 6.45) is 1.92. The molecule has 0 fully saturated rings. The first kappa shape index (κ1) is 15.0. The Hall–Kier alpha value is -1.35. The fraction of sp³-hybridized carbons (Fsp3) is 0.529. The summed E-state index contributed by atoms with van der Waals surface area (Å²) in [4.78, 5) is 0. The summed E-state index contributed by atoms with van der Waals surface area (Å²) in [7, 11) is 0. The van der Waals surface area contributed by atoms with Crippen LogP contribution in [-0.2, 0) is 13.0 Å². The molecule has 1 heterocycles. The minimum atomic E-state index is -0.174. The number of hydrogen-bond donors (Lipinski definition) is 1. The lowest BCUT2D eigenvalue weighted by atomic mass is 9.98. The van der Waals surface area contributed by atoms with E-state index in [1.54, 1.807) is 12.1 Å². The molecule has 1 N–H and O–H groups in total. The third-order valence-electron chi connectivity index (χ3n) is 3.49. The Balaban J connectivity index is 2.49. The number of furan rings is 1. The van der Waals surface area contributed by atoms with Crippen molar-refractivity contribution in [2.45, 2.75) is 47.1 Å². The first-order valence-corrected chi connectivity index (χ1v) is 7.44. The van der Waals surface area contributed by atoms with Crippen molar-refractivity contribution in [3.8, 4) is 0 Å². The maximum absolute atomic E-state index is 14.2. The molecule has 3 heteroatoms. The Labute approximate surface area is 120 Å². The van der Waals surface area contributed by atoms with Crippen LogP contribution in [0.25, 0.3) is 11.0 Å². The van der Waals surface area contributed by atoms with Gasteiger partial charge < -0.3 is 9.73 Å². The Morgan fingerprint density at radius 3 is 2.70 bits per heavy atom. The topological polar surface area (TPSA) is 25.2 Å². The monoisotopic (exact) mass is 277 g/mol. The Morgan fingerprint density at radius 2 is 2.05 bits per heavy atom. The highest BCUT2D eigenvalue weighted by Crippen LogP contribution is 2.32. The van der Waals surface area contributed by atoms with Gasteiger partial charge in [0.1, 0.15) is 17.2 Å². The van der Waals surface area contributed by atoms with Crippen molar-refractivity contribution < 1.29 is 8.81 Å². The summed E-state index contributed by atoms with van der Waals surface area (Å²) in [5, 5.41) is 4.02. The van der Waals surface area contributed by atoms with Crippen molar-refractivity contribution in [2.75, 3.05) is 6.54 Å². The van der Waals surface area contributed by atoms with E-state index in [0.29, 0.717) is 23.4 Å². The molecule has 0 spiro atoms. The Morgan fingerprint density at radius 1 is 1.30 bits per heavy atom. The molecule has 0 saturated heterocycles. The van der Waals surface area contributed by atoms with E-state index in [0.717, 1.165) is 36.3 Å². The van der Waals surface area contributed by atoms with Gasteiger partial charge in [0.05, 0.1) is 11.9 Å². The molecule has 2 nitrogen and oxygen atoms in total. The number of aryl methyl sites for hydroxylation is 1. The van der Waals surface area contributed by atoms with E-state index >= 15 is 0 Å². The second kappa shape index (κ2) is 6.40. The van der Waals surface area contributed by atoms with Crippen LogP contribution in [0.15, 0.2) is 16.5 Å². The minimum absolute atomic E-state index is 0.174. The lowest BCUT2D eigenvalue weighted by molar-refractivity contribution is 0.499. The van der Waals surface area contributed by atoms with E-state index < -0.39 is 0 Å². The summed E-state index contributed by atoms with van der Waals surface area (Å²) >= 11 is 0. The minimum Gasteiger partial charge on any atom is -0.459 e. The number of benzene rings is 1. The predicted octanol–water partition coefficient (Wildman–Crippen LogP) is 4.58. The molecule has 1 aromatic carbocycles. The van der Waals surface area contributed by atoms with Crippen molar-refractivity contribution in [1.82, 2.24) is 5.32 Å². The Kier molecular flexibility index (Phi) is 4.81. The molecule has 0 aliphatic carbocycles. The number of fused-ring (bicyclic) bond motifs is 1. The van der Waals surface area contributed by atoms with Crippen molar-refractivity contribution in [3.05, 3.63) is 34.8 Å². The fourth-order valence-electron chi connectivity index (χ4n) is 2.55. The molecule has 0 unspecified atom stereocenters. The molecular weight excluding hydrogens is 253 g/mol. The molecule has 0 bridgehead atoms. The van der Waals surface area contributed by atoms with Gasteiger partial charge in [0.25, 0.3) is 0 Å². The summed E-state index contributed by atoms with van der Waals surface area (Å²) in [6.45, 7) is 10.0. The first-order valence-electron chi connectivity index (χ1n) is 7.44. The highest BCUT2D eigenvalue weighted by atomic mass is 19.1. The molecule has 1 aromatic heterocycles. The van der Waals surface area contributed by atoms with Crippen LogP contribution >= 0.6 is 0 Å². The van der Waals surface area contributed by atoms with Gasteiger partial charge in [0.2, 0.25) is 0 Å². The van der Waals surface area contributed by atoms with Crippen molar-refractivity contribution in [1.29, 1.82) is 0 Å². The normalized spacial score (nSPS) is 11.7. The van der Waals surface area contributed by atoms with Crippen molar-refractivity contribution in [3.63, 3.8) is 0 Å². The van der Waals surface area contributed by atoms with Crippen LogP contribution < -0.4 is 5.32 Å². The van der Waals surface area contributed by atoms with E-state index in [1.165, 1.54) is 0 Å². The van der Waals surface area contributed by atoms with Gasteiger partial charge in [-0.1, -0.05) is 26.8 Å². The molecule has 0 amide bonds. The van der Waals surface area contributed by atoms with Crippen LogP contribution in [0.1, 0.15) is 44.1 Å². The largest absolute Gasteiger partial charge is 0.459 e. The molecule has 0 aliphatic heterocycles. The fourth-order valence-corrected chi connectivity index (χ4v) is 2.55. The standard InChI is InChI=1S/C17H24FNO/c1-5-8-19-10-15-13(9-11(2)3)16-14(18)7-6-12(4)17(16)20-15/h6-7,11,19H,5,8-10H2,1-4H3. The molecular formula is C17H24FNO. The molecule has 0 radical (unpaired) electrons. The zero-order chi connectivity index (χ0) is 14.7. The number of rotatable bonds is 6. The summed E-state index contributed by atoms with van der Waals surface area (Å²) < 4.78 is 20.2. The van der Waals surface area contributed by atoms with Gasteiger partial charge in [-0.05, 0) is 43.9 Å². The van der Waals surface area contributed by atoms with E-state index in [4.69, 9.17) is 4.42 Å². The Bertz CT molecular complexity index is 586. The van der Waals surface area contributed by atoms with E-state index in [2.05, 4.69) is 26.1 Å². The van der Waals surface area contributed by atoms with Crippen LogP contribution in [0.3, 0.4) is 0 Å². The second-order valence-electron chi connectivity index (χ2n) is 5.85. The van der Waals surface area contributed by atoms with Crippen LogP contribution in [0.2, 0.25) is 0 Å². The zero-order valence-corrected chi connectivity index (χ0v) is 12.8. The molecule has 20 heavy (non-hydrogen) atoms. The van der Waals surface area contributed by atoms with E-state index in [1.807, 2.05) is 6.92 Å². The number of halogens is 1. The number of nitrogens with one attached hydrogen (secondary N) is 1. The zero-order valence-electron chi connectivity index (χ0n) is 12.8. The highest BCUT2D eigenvalue weighted by molar-refractivity contribution is 5.85. The lowest BCUT2D eigenvalue weighted by Crippen LogP contribution is -2.14. The molecule has 0 saturated carbocycles. The van der Waals surface area contributed by atoms with Gasteiger partial charge in [-0.3, -0.25) is 0 Å². The van der Waals surface area contributed by atoms with Crippen molar-refractivity contribution in [2.24, 2.45) is 5.92 Å². The molecule has 0 atom stereocenters. The summed E-state index contributed by atoms with van der Waals surface area (Å²) in [5.41, 5.74) is 2.72. The smallest absolute Gasteiger partial charge is 0.140 e. The summed E-state index contributed by atoms with van der Waals surface area (Å²) in [5.74, 6) is 1.18. The maximum atomic E-state index is 14.2. The van der Waals surface area contributed by atoms with E-state index in [9.17, 15) is 4.39 Å². The molecule has 2 aromatic rings. The van der Waals surface area contributed by atoms with Gasteiger partial charge >= 0.3 is 0 Å². The van der Waals surface area contributed by atoms with Crippen molar-refractivity contribution >= 4 is 11.0 Å². The third kappa shape index (κ3) is 3.04. The van der Waals surface area contributed by atoms with E-state index in [-0.39, 0.29) is 5.82 Å². The van der Waals surface area contributed by atoms with Crippen LogP contribution in [-0.4, -0.2) is 6.54 Å². The number of hydrogen-bond acceptors (Lipinski definition) is 2. The summed E-state index contributed by atoms with van der Waals surface area (Å²) in [6, 6.07) is 3.32. The maximum Gasteiger partial charge on any atom is 0.140 e. The second-order valence-corrected chi connectivity index (χ2v) is 5.85. The lowest BCUT2D eigenvalue weighted by Gasteiger charge is -2.07. The van der Waals surface area contributed by atoms with Gasteiger partial charge in [-0.25, -0.2) is 4.39 Å². The quantitative estimate of drug-likeness (QED) is 0.782. The van der Waals surface area contributed by atoms with Gasteiger partial charge in [0, 0.05) is 5.56 Å². The molecule has 0 aliphatic rings. The first-order chi connectivity index (χ1) is 9.54. The van der Waals surface area contributed by atoms with Gasteiger partial charge in [-0.15, -0.1) is 0 Å². The highest BCUT2D eigenvalue weighted by Gasteiger charge is 2.19. The third-order valence-corrected chi connectivity index (χ3v) is 3.49. The average molecular weight is 277 g/mol. The molecule has 2 rings (SSSR count). The van der Waals surface area contributed by atoms with Crippen LogP contribution in [0.4, 0.5) is 4.39 Å².